The molecule has 1 aliphatic heterocycles. The number of pyridine rings is 1. The van der Waals surface area contributed by atoms with Gasteiger partial charge in [0.25, 0.3) is 0 Å². The normalized spacial score (nSPS) is 18.7. The second kappa shape index (κ2) is 8.71. The van der Waals surface area contributed by atoms with Crippen LogP contribution in [0.15, 0.2) is 48.8 Å². The third kappa shape index (κ3) is 5.48. The van der Waals surface area contributed by atoms with E-state index in [9.17, 15) is 14.7 Å². The highest BCUT2D eigenvalue weighted by Gasteiger charge is 2.42. The highest BCUT2D eigenvalue weighted by molar-refractivity contribution is 5.86. The second-order valence-corrected chi connectivity index (χ2v) is 8.29. The predicted octanol–water partition coefficient (Wildman–Crippen LogP) is 3.66. The van der Waals surface area contributed by atoms with E-state index >= 15 is 0 Å². The van der Waals surface area contributed by atoms with E-state index in [1.807, 2.05) is 30.3 Å². The molecule has 1 unspecified atom stereocenters. The van der Waals surface area contributed by atoms with Crippen LogP contribution in [-0.2, 0) is 21.7 Å². The number of nitrogens with one attached hydrogen (secondary N) is 1. The van der Waals surface area contributed by atoms with Gasteiger partial charge in [-0.15, -0.1) is 0 Å². The maximum atomic E-state index is 12.4. The summed E-state index contributed by atoms with van der Waals surface area (Å²) in [5.41, 5.74) is -0.288. The zero-order valence-corrected chi connectivity index (χ0v) is 17.4. The Kier molecular flexibility index (Phi) is 6.26. The summed E-state index contributed by atoms with van der Waals surface area (Å²) in [7, 11) is 0. The molecule has 0 spiro atoms. The molecule has 8 heteroatoms. The fourth-order valence-corrected chi connectivity index (χ4v) is 3.29. The lowest BCUT2D eigenvalue weighted by Crippen LogP contribution is -2.35. The van der Waals surface area contributed by atoms with Gasteiger partial charge in [0.05, 0.1) is 18.4 Å². The third-order valence-corrected chi connectivity index (χ3v) is 4.67. The Bertz CT molecular complexity index is 897. The Hall–Kier alpha value is -3.13. The van der Waals surface area contributed by atoms with Crippen molar-refractivity contribution in [2.75, 3.05) is 18.4 Å². The summed E-state index contributed by atoms with van der Waals surface area (Å²) < 4.78 is 10.6. The van der Waals surface area contributed by atoms with E-state index in [-0.39, 0.29) is 13.2 Å². The van der Waals surface area contributed by atoms with Crippen LogP contribution in [0.1, 0.15) is 38.3 Å². The SMILES string of the molecule is CC(C)(C)OC(=O)Nc1cnccc1C1(O)CCN(C(=O)OCc2ccccc2)C1. The first kappa shape index (κ1) is 21.6. The van der Waals surface area contributed by atoms with Gasteiger partial charge in [-0.3, -0.25) is 10.3 Å². The molecule has 0 saturated carbocycles. The van der Waals surface area contributed by atoms with Gasteiger partial charge in [0, 0.05) is 18.3 Å². The van der Waals surface area contributed by atoms with Crippen molar-refractivity contribution < 1.29 is 24.2 Å². The minimum absolute atomic E-state index is 0.0492. The number of aromatic nitrogens is 1. The molecule has 8 nitrogen and oxygen atoms in total. The van der Waals surface area contributed by atoms with Crippen LogP contribution < -0.4 is 5.32 Å². The van der Waals surface area contributed by atoms with E-state index in [1.54, 1.807) is 26.8 Å². The molecule has 1 aliphatic rings. The number of benzene rings is 1. The fraction of sp³-hybridized carbons (Fsp3) is 0.409. The lowest BCUT2D eigenvalue weighted by Gasteiger charge is -2.26. The van der Waals surface area contributed by atoms with Crippen molar-refractivity contribution in [3.63, 3.8) is 0 Å². The second-order valence-electron chi connectivity index (χ2n) is 8.29. The number of rotatable bonds is 4. The van der Waals surface area contributed by atoms with Crippen LogP contribution in [0.25, 0.3) is 0 Å². The summed E-state index contributed by atoms with van der Waals surface area (Å²) in [5, 5.41) is 13.9. The summed E-state index contributed by atoms with van der Waals surface area (Å²) in [5.74, 6) is 0. The standard InChI is InChI=1S/C22H27N3O5/c1-21(2,3)30-19(26)24-18-13-23-11-9-17(18)22(28)10-12-25(15-22)20(27)29-14-16-7-5-4-6-8-16/h4-9,11,13,28H,10,12,14-15H2,1-3H3,(H,24,26). The number of nitrogens with zero attached hydrogens (tertiary/aromatic N) is 2. The molecule has 0 bridgehead atoms. The summed E-state index contributed by atoms with van der Waals surface area (Å²) in [6.07, 6.45) is 2.15. The third-order valence-electron chi connectivity index (χ3n) is 4.67. The van der Waals surface area contributed by atoms with E-state index in [0.29, 0.717) is 24.2 Å². The largest absolute Gasteiger partial charge is 0.445 e. The first-order chi connectivity index (χ1) is 14.2. The van der Waals surface area contributed by atoms with Crippen LogP contribution in [0, 0.1) is 0 Å². The Labute approximate surface area is 175 Å². The van der Waals surface area contributed by atoms with Crippen molar-refractivity contribution in [3.05, 3.63) is 59.9 Å². The molecule has 0 aliphatic carbocycles. The topological polar surface area (TPSA) is 101 Å². The van der Waals surface area contributed by atoms with Gasteiger partial charge in [-0.05, 0) is 38.8 Å². The highest BCUT2D eigenvalue weighted by Crippen LogP contribution is 2.36. The van der Waals surface area contributed by atoms with Gasteiger partial charge < -0.3 is 19.5 Å². The molecule has 1 atom stereocenters. The van der Waals surface area contributed by atoms with Crippen LogP contribution in [0.2, 0.25) is 0 Å². The Morgan fingerprint density at radius 1 is 1.23 bits per heavy atom. The number of aliphatic hydroxyl groups is 1. The molecule has 1 saturated heterocycles. The quantitative estimate of drug-likeness (QED) is 0.793. The summed E-state index contributed by atoms with van der Waals surface area (Å²) in [4.78, 5) is 30.1. The zero-order valence-electron chi connectivity index (χ0n) is 17.4. The number of ether oxygens (including phenoxy) is 2. The molecular weight excluding hydrogens is 386 g/mol. The number of likely N-dealkylation sites (tertiary alicyclic amines) is 1. The number of carbonyl (C=O) groups is 2. The van der Waals surface area contributed by atoms with Gasteiger partial charge in [-0.2, -0.15) is 0 Å². The minimum Gasteiger partial charge on any atom is -0.445 e. The van der Waals surface area contributed by atoms with Crippen molar-refractivity contribution in [1.29, 1.82) is 0 Å². The molecule has 30 heavy (non-hydrogen) atoms. The average molecular weight is 413 g/mol. The molecule has 2 amide bonds. The summed E-state index contributed by atoms with van der Waals surface area (Å²) in [6.45, 7) is 5.84. The Morgan fingerprint density at radius 2 is 1.97 bits per heavy atom. The number of carbonyl (C=O) groups excluding carboxylic acids is 2. The van der Waals surface area contributed by atoms with Crippen molar-refractivity contribution in [2.24, 2.45) is 0 Å². The van der Waals surface area contributed by atoms with Crippen LogP contribution >= 0.6 is 0 Å². The molecule has 2 aromatic rings. The fourth-order valence-electron chi connectivity index (χ4n) is 3.29. The Balaban J connectivity index is 1.66. The monoisotopic (exact) mass is 413 g/mol. The molecule has 1 aromatic heterocycles. The predicted molar refractivity (Wildman–Crippen MR) is 111 cm³/mol. The molecule has 1 aromatic carbocycles. The van der Waals surface area contributed by atoms with Crippen LogP contribution in [0.3, 0.4) is 0 Å². The van der Waals surface area contributed by atoms with Gasteiger partial charge >= 0.3 is 12.2 Å². The van der Waals surface area contributed by atoms with Crippen LogP contribution in [-0.4, -0.2) is 45.9 Å². The molecule has 160 valence electrons. The van der Waals surface area contributed by atoms with Gasteiger partial charge in [-0.1, -0.05) is 30.3 Å². The van der Waals surface area contributed by atoms with Crippen molar-refractivity contribution >= 4 is 17.9 Å². The van der Waals surface area contributed by atoms with Crippen molar-refractivity contribution in [1.82, 2.24) is 9.88 Å². The van der Waals surface area contributed by atoms with Crippen LogP contribution in [0.5, 0.6) is 0 Å². The van der Waals surface area contributed by atoms with Crippen molar-refractivity contribution in [3.8, 4) is 0 Å². The summed E-state index contributed by atoms with van der Waals surface area (Å²) in [6, 6.07) is 11.0. The van der Waals surface area contributed by atoms with Gasteiger partial charge in [0.1, 0.15) is 17.8 Å². The first-order valence-corrected chi connectivity index (χ1v) is 9.79. The Morgan fingerprint density at radius 3 is 2.67 bits per heavy atom. The highest BCUT2D eigenvalue weighted by atomic mass is 16.6. The average Bonchev–Trinajstić information content (AvgIpc) is 3.09. The molecular formula is C22H27N3O5. The molecule has 1 fully saturated rings. The summed E-state index contributed by atoms with van der Waals surface area (Å²) >= 11 is 0. The molecule has 0 radical (unpaired) electrons. The van der Waals surface area contributed by atoms with E-state index in [4.69, 9.17) is 9.47 Å². The smallest absolute Gasteiger partial charge is 0.412 e. The van der Waals surface area contributed by atoms with Crippen molar-refractivity contribution in [2.45, 2.75) is 45.0 Å². The van der Waals surface area contributed by atoms with E-state index in [2.05, 4.69) is 10.3 Å². The number of β-amino-alcohol motifs (C(OH)–C–C–N with tert-alkyl or cyclic N) is 1. The first-order valence-electron chi connectivity index (χ1n) is 9.79. The van der Waals surface area contributed by atoms with E-state index in [0.717, 1.165) is 5.56 Å². The number of hydrogen-bond acceptors (Lipinski definition) is 6. The van der Waals surface area contributed by atoms with E-state index in [1.165, 1.54) is 17.3 Å². The number of hydrogen-bond donors (Lipinski definition) is 2. The zero-order chi connectivity index (χ0) is 21.8. The molecule has 3 rings (SSSR count). The lowest BCUT2D eigenvalue weighted by molar-refractivity contribution is 0.0410. The van der Waals surface area contributed by atoms with Gasteiger partial charge in [0.2, 0.25) is 0 Å². The molecule has 2 heterocycles. The number of amides is 2. The maximum Gasteiger partial charge on any atom is 0.412 e. The maximum absolute atomic E-state index is 12.4. The van der Waals surface area contributed by atoms with Gasteiger partial charge in [0.15, 0.2) is 0 Å². The van der Waals surface area contributed by atoms with Crippen LogP contribution in [0.4, 0.5) is 15.3 Å². The lowest BCUT2D eigenvalue weighted by atomic mass is 9.92. The number of anilines is 1. The molecule has 2 N–H and O–H groups in total. The van der Waals surface area contributed by atoms with E-state index < -0.39 is 23.4 Å². The minimum atomic E-state index is -1.33. The van der Waals surface area contributed by atoms with Gasteiger partial charge in [-0.25, -0.2) is 9.59 Å².